The molecule has 0 radical (unpaired) electrons. The van der Waals surface area contributed by atoms with E-state index in [9.17, 15) is 8.42 Å². The van der Waals surface area contributed by atoms with Crippen molar-refractivity contribution >= 4 is 55.3 Å². The minimum Gasteiger partial charge on any atom is -0.656 e. The van der Waals surface area contributed by atoms with Crippen molar-refractivity contribution in [3.63, 3.8) is 0 Å². The van der Waals surface area contributed by atoms with Crippen LogP contribution in [-0.4, -0.2) is 22.5 Å². The summed E-state index contributed by atoms with van der Waals surface area (Å²) in [5.41, 5.74) is 14.6. The molecule has 3 aliphatic heterocycles. The third-order valence-electron chi connectivity index (χ3n) is 11.0. The molecule has 0 N–H and O–H groups in total. The summed E-state index contributed by atoms with van der Waals surface area (Å²) in [6, 6.07) is 44.1. The van der Waals surface area contributed by atoms with E-state index in [1.54, 1.807) is 48.5 Å². The van der Waals surface area contributed by atoms with Crippen LogP contribution in [0.1, 0.15) is 76.0 Å². The van der Waals surface area contributed by atoms with Crippen LogP contribution in [-0.2, 0) is 30.9 Å². The van der Waals surface area contributed by atoms with E-state index in [4.69, 9.17) is 0 Å². The molecular weight excluding hydrogens is 918 g/mol. The zero-order valence-corrected chi connectivity index (χ0v) is 37.3. The summed E-state index contributed by atoms with van der Waals surface area (Å²) in [7, 11) is 0.830. The van der Waals surface area contributed by atoms with Crippen LogP contribution < -0.4 is 19.6 Å². The zero-order chi connectivity index (χ0) is 40.2. The summed E-state index contributed by atoms with van der Waals surface area (Å²) in [5, 5.41) is 4.33. The van der Waals surface area contributed by atoms with Gasteiger partial charge in [-0.05, 0) is 90.5 Å². The molecule has 0 aliphatic carbocycles. The van der Waals surface area contributed by atoms with Crippen molar-refractivity contribution in [2.24, 2.45) is 0 Å². The van der Waals surface area contributed by atoms with E-state index in [1.165, 1.54) is 50.6 Å². The van der Waals surface area contributed by atoms with Gasteiger partial charge < -0.3 is 24.9 Å². The van der Waals surface area contributed by atoms with E-state index in [-0.39, 0.29) is 30.9 Å². The molecule has 7 nitrogen and oxygen atoms in total. The van der Waals surface area contributed by atoms with E-state index >= 15 is 0 Å². The van der Waals surface area contributed by atoms with Gasteiger partial charge in [0.15, 0.2) is 0 Å². The Labute approximate surface area is 359 Å². The second kappa shape index (κ2) is 16.3. The van der Waals surface area contributed by atoms with Gasteiger partial charge in [-0.3, -0.25) is 0 Å². The number of nitrogens with zero attached hydrogens (tertiary/aromatic N) is 5. The van der Waals surface area contributed by atoms with Crippen molar-refractivity contribution in [2.45, 2.75) is 69.1 Å². The van der Waals surface area contributed by atoms with Crippen molar-refractivity contribution in [2.75, 3.05) is 33.7 Å². The van der Waals surface area contributed by atoms with E-state index in [2.05, 4.69) is 173 Å². The minimum absolute atomic E-state index is 0. The summed E-state index contributed by atoms with van der Waals surface area (Å²) in [6.45, 7) is 18.2. The van der Waals surface area contributed by atoms with Gasteiger partial charge in [-0.15, -0.1) is 46.5 Å². The van der Waals surface area contributed by atoms with Crippen molar-refractivity contribution in [3.05, 3.63) is 163 Å². The number of benzene rings is 6. The fraction of sp³-hybridized carbons (Fsp3) is 0.224. The van der Waals surface area contributed by atoms with E-state index in [0.29, 0.717) is 29.1 Å². The molecule has 0 saturated heterocycles. The first kappa shape index (κ1) is 41.1. The molecule has 0 bridgehead atoms. The van der Waals surface area contributed by atoms with E-state index < -0.39 is 9.84 Å². The van der Waals surface area contributed by atoms with Crippen molar-refractivity contribution in [1.82, 2.24) is 0 Å². The minimum atomic E-state index is -3.40. The number of para-hydroxylation sites is 6. The summed E-state index contributed by atoms with van der Waals surface area (Å²) >= 11 is 0. The number of hydrogen-bond acceptors (Lipinski definition) is 6. The smallest absolute Gasteiger partial charge is 0.656 e. The van der Waals surface area contributed by atoms with Gasteiger partial charge in [0.2, 0.25) is 9.84 Å². The van der Waals surface area contributed by atoms with Crippen LogP contribution >= 0.6 is 0 Å². The van der Waals surface area contributed by atoms with Crippen molar-refractivity contribution in [1.29, 1.82) is 0 Å². The normalized spacial score (nSPS) is 14.7. The monoisotopic (exact) mass is 966 g/mol. The number of fused-ring (bicyclic) bond motifs is 4. The van der Waals surface area contributed by atoms with Crippen LogP contribution in [0.15, 0.2) is 131 Å². The number of hydrogen-bond donors (Lipinski definition) is 0. The first-order valence-corrected chi connectivity index (χ1v) is 21.1. The Morgan fingerprint density at radius 1 is 0.552 bits per heavy atom. The van der Waals surface area contributed by atoms with E-state index in [1.807, 2.05) is 0 Å². The molecule has 0 amide bonds. The predicted molar refractivity (Wildman–Crippen MR) is 237 cm³/mol. The molecule has 6 aromatic rings. The molecule has 298 valence electrons. The first-order chi connectivity index (χ1) is 27.3. The molecule has 0 fully saturated rings. The molecule has 0 unspecified atom stereocenters. The predicted octanol–water partition coefficient (Wildman–Crippen LogP) is 13.1. The Kier molecular flexibility index (Phi) is 11.6. The Balaban J connectivity index is 0.000000251. The second-order valence-electron chi connectivity index (χ2n) is 15.9. The summed E-state index contributed by atoms with van der Waals surface area (Å²) < 4.78 is 24.5. The molecule has 0 saturated carbocycles. The molecule has 3 heterocycles. The van der Waals surface area contributed by atoms with Crippen LogP contribution in [0, 0.1) is 19.4 Å². The third-order valence-corrected chi connectivity index (χ3v) is 12.8. The Morgan fingerprint density at radius 2 is 0.948 bits per heavy atom. The molecule has 0 atom stereocenters. The van der Waals surface area contributed by atoms with E-state index in [0.717, 1.165) is 11.4 Å². The number of rotatable bonds is 6. The van der Waals surface area contributed by atoms with Crippen molar-refractivity contribution < 1.29 is 29.5 Å². The quantitative estimate of drug-likeness (QED) is 0.155. The Morgan fingerprint density at radius 3 is 1.36 bits per heavy atom. The molecule has 0 aromatic heterocycles. The standard InChI is InChI=1S/C37H41N4.C12H8NO2S.Pt/c1-24(2)27-19-31(25(3)4)37(32(20-27)26(5)6)28-17-29(40-22-38(7)33-13-9-11-15-35(33)40)21-30(18-28)41-23-39(8)34-14-10-12-16-36(34)41;14-16(15)11-7-3-1-5-9(11)13-10-6-2-4-8-12(10)16;/h9-20,22-26H,1-8H3;1-8H;/q-3;-1;+4. The molecule has 3 aliphatic rings. The van der Waals surface area contributed by atoms with Crippen LogP contribution in [0.5, 0.6) is 0 Å². The van der Waals surface area contributed by atoms with Crippen LogP contribution in [0.3, 0.4) is 0 Å². The van der Waals surface area contributed by atoms with Gasteiger partial charge in [0.05, 0.1) is 9.79 Å². The fourth-order valence-corrected chi connectivity index (χ4v) is 9.48. The summed E-state index contributed by atoms with van der Waals surface area (Å²) in [5.74, 6) is 1.27. The molecule has 9 rings (SSSR count). The van der Waals surface area contributed by atoms with Gasteiger partial charge in [0.25, 0.3) is 0 Å². The van der Waals surface area contributed by atoms with Crippen LogP contribution in [0.25, 0.3) is 16.4 Å². The SMILES string of the molecule is CC(C)c1cc(C(C)C)c(-c2cc(N3[CH-]N(C)c4ccccc43)[c-]c(N3[CH-]N(C)c4ccccc43)c2)c(C(C)C)c1.O=S1(=O)c2ccccc2[N-]c2ccccc21.[Pt+4]. The van der Waals surface area contributed by atoms with Gasteiger partial charge >= 0.3 is 21.1 Å². The Hall–Kier alpha value is -5.04. The fourth-order valence-electron chi connectivity index (χ4n) is 7.95. The largest absolute Gasteiger partial charge is 4.00 e. The maximum Gasteiger partial charge on any atom is 4.00 e. The van der Waals surface area contributed by atoms with Crippen LogP contribution in [0.4, 0.5) is 45.5 Å². The van der Waals surface area contributed by atoms with Gasteiger partial charge in [0, 0.05) is 22.7 Å². The Bertz CT molecular complexity index is 2430. The van der Waals surface area contributed by atoms with Crippen molar-refractivity contribution in [3.8, 4) is 11.1 Å². The molecule has 58 heavy (non-hydrogen) atoms. The van der Waals surface area contributed by atoms with Crippen LogP contribution in [0.2, 0.25) is 0 Å². The summed E-state index contributed by atoms with van der Waals surface area (Å²) in [4.78, 5) is 9.51. The average Bonchev–Trinajstić information content (AvgIpc) is 3.73. The third kappa shape index (κ3) is 7.42. The second-order valence-corrected chi connectivity index (χ2v) is 17.8. The van der Waals surface area contributed by atoms with Gasteiger partial charge in [0.1, 0.15) is 0 Å². The zero-order valence-electron chi connectivity index (χ0n) is 34.2. The summed E-state index contributed by atoms with van der Waals surface area (Å²) in [6.07, 6.45) is 0. The number of anilines is 6. The topological polar surface area (TPSA) is 61.2 Å². The number of sulfone groups is 1. The van der Waals surface area contributed by atoms with Gasteiger partial charge in [-0.2, -0.15) is 13.3 Å². The molecule has 9 heteroatoms. The maximum atomic E-state index is 12.2. The molecular formula is C49H49N5O2PtS. The maximum absolute atomic E-state index is 12.2. The van der Waals surface area contributed by atoms with Gasteiger partial charge in [-0.25, -0.2) is 8.42 Å². The first-order valence-electron chi connectivity index (χ1n) is 19.7. The molecule has 6 aromatic carbocycles. The van der Waals surface area contributed by atoms with Gasteiger partial charge in [-0.1, -0.05) is 114 Å². The molecule has 0 spiro atoms. The average molecular weight is 967 g/mol.